The van der Waals surface area contributed by atoms with Crippen molar-refractivity contribution in [3.05, 3.63) is 70.0 Å². The molecule has 1 unspecified atom stereocenters. The fourth-order valence-electron chi connectivity index (χ4n) is 5.26. The Labute approximate surface area is 213 Å². The smallest absolute Gasteiger partial charge is 0.410 e. The highest BCUT2D eigenvalue weighted by atomic mass is 19.1. The maximum atomic E-state index is 14.2. The van der Waals surface area contributed by atoms with Crippen LogP contribution in [0.4, 0.5) is 9.18 Å². The van der Waals surface area contributed by atoms with Crippen molar-refractivity contribution in [3.63, 3.8) is 0 Å². The zero-order valence-corrected chi connectivity index (χ0v) is 21.7. The minimum Gasteiger partial charge on any atom is -0.446 e. The van der Waals surface area contributed by atoms with Crippen LogP contribution in [-0.2, 0) is 17.7 Å². The van der Waals surface area contributed by atoms with Crippen LogP contribution in [0.3, 0.4) is 0 Å². The first kappa shape index (κ1) is 25.9. The zero-order chi connectivity index (χ0) is 25.7. The van der Waals surface area contributed by atoms with Crippen LogP contribution in [0.25, 0.3) is 11.1 Å². The van der Waals surface area contributed by atoms with E-state index in [9.17, 15) is 14.0 Å². The van der Waals surface area contributed by atoms with Crippen molar-refractivity contribution in [2.75, 3.05) is 13.6 Å². The van der Waals surface area contributed by atoms with Gasteiger partial charge in [0, 0.05) is 20.1 Å². The van der Waals surface area contributed by atoms with E-state index in [1.807, 2.05) is 12.1 Å². The number of carbonyl (C=O) groups excluding carboxylic acids is 2. The molecule has 0 radical (unpaired) electrons. The first-order chi connectivity index (χ1) is 17.4. The SMILES string of the molecule is CCCCCCC(CC)OC(=O)N(C)Cc1ccc(C2=C3CCNC(=O)c4cc(F)cc(c43)C2)cc1. The highest BCUT2D eigenvalue weighted by Gasteiger charge is 2.30. The Balaban J connectivity index is 1.42. The van der Waals surface area contributed by atoms with Gasteiger partial charge >= 0.3 is 6.09 Å². The Morgan fingerprint density at radius 3 is 2.61 bits per heavy atom. The molecule has 4 rings (SSSR count). The third-order valence-corrected chi connectivity index (χ3v) is 7.26. The van der Waals surface area contributed by atoms with Gasteiger partial charge in [-0.25, -0.2) is 9.18 Å². The van der Waals surface area contributed by atoms with Gasteiger partial charge in [0.05, 0.1) is 5.56 Å². The first-order valence-electron chi connectivity index (χ1n) is 13.2. The molecular weight excluding hydrogens is 455 g/mol. The molecule has 36 heavy (non-hydrogen) atoms. The summed E-state index contributed by atoms with van der Waals surface area (Å²) in [6.45, 7) is 5.25. The summed E-state index contributed by atoms with van der Waals surface area (Å²) in [6.07, 6.45) is 7.44. The molecule has 6 heteroatoms. The number of allylic oxidation sites excluding steroid dienone is 1. The largest absolute Gasteiger partial charge is 0.446 e. The van der Waals surface area contributed by atoms with Crippen LogP contribution >= 0.6 is 0 Å². The van der Waals surface area contributed by atoms with Crippen LogP contribution in [0.5, 0.6) is 0 Å². The standard InChI is InChI=1S/C30H37FN2O3/c1-4-6-7-8-9-24(5-2)36-30(35)33(3)19-20-10-12-21(13-11-20)26-17-22-16-23(31)18-27-28(22)25(26)14-15-32-29(27)34/h10-13,16,18,24H,4-9,14-15,17,19H2,1-3H3,(H,32,34). The molecule has 0 spiro atoms. The molecule has 0 aromatic heterocycles. The number of ether oxygens (including phenoxy) is 1. The molecule has 0 saturated heterocycles. The van der Waals surface area contributed by atoms with E-state index < -0.39 is 0 Å². The number of nitrogens with one attached hydrogen (secondary N) is 1. The zero-order valence-electron chi connectivity index (χ0n) is 21.7. The highest BCUT2D eigenvalue weighted by molar-refractivity contribution is 6.07. The topological polar surface area (TPSA) is 58.6 Å². The van der Waals surface area contributed by atoms with Crippen LogP contribution in [0.1, 0.15) is 91.4 Å². The lowest BCUT2D eigenvalue weighted by Gasteiger charge is -2.22. The average Bonchev–Trinajstić information content (AvgIpc) is 3.14. The summed E-state index contributed by atoms with van der Waals surface area (Å²) >= 11 is 0. The van der Waals surface area contributed by atoms with Gasteiger partial charge in [0.2, 0.25) is 0 Å². The van der Waals surface area contributed by atoms with Crippen LogP contribution in [0, 0.1) is 5.82 Å². The van der Waals surface area contributed by atoms with Crippen molar-refractivity contribution in [3.8, 4) is 0 Å². The van der Waals surface area contributed by atoms with Gasteiger partial charge in [0.25, 0.3) is 5.91 Å². The van der Waals surface area contributed by atoms with Gasteiger partial charge in [0.1, 0.15) is 11.9 Å². The van der Waals surface area contributed by atoms with Gasteiger partial charge in [-0.1, -0.05) is 57.4 Å². The van der Waals surface area contributed by atoms with E-state index in [0.29, 0.717) is 25.1 Å². The summed E-state index contributed by atoms with van der Waals surface area (Å²) < 4.78 is 19.9. The van der Waals surface area contributed by atoms with Crippen LogP contribution in [0.15, 0.2) is 36.4 Å². The Bertz CT molecular complexity index is 1140. The van der Waals surface area contributed by atoms with Gasteiger partial charge < -0.3 is 15.0 Å². The van der Waals surface area contributed by atoms with Gasteiger partial charge in [-0.3, -0.25) is 4.79 Å². The van der Waals surface area contributed by atoms with Crippen LogP contribution in [-0.4, -0.2) is 36.6 Å². The molecule has 1 N–H and O–H groups in total. The van der Waals surface area contributed by atoms with E-state index in [1.165, 1.54) is 25.3 Å². The van der Waals surface area contributed by atoms with Gasteiger partial charge in [-0.05, 0) is 77.6 Å². The van der Waals surface area contributed by atoms with E-state index in [1.54, 1.807) is 18.0 Å². The number of halogens is 1. The molecule has 192 valence electrons. The Morgan fingerprint density at radius 2 is 1.89 bits per heavy atom. The lowest BCUT2D eigenvalue weighted by Crippen LogP contribution is -2.30. The molecule has 1 aliphatic heterocycles. The summed E-state index contributed by atoms with van der Waals surface area (Å²) in [7, 11) is 1.77. The van der Waals surface area contributed by atoms with E-state index in [4.69, 9.17) is 4.74 Å². The number of unbranched alkanes of at least 4 members (excludes halogenated alkanes) is 3. The van der Waals surface area contributed by atoms with E-state index in [0.717, 1.165) is 59.1 Å². The second kappa shape index (κ2) is 11.7. The van der Waals surface area contributed by atoms with E-state index >= 15 is 0 Å². The van der Waals surface area contributed by atoms with Gasteiger partial charge in [-0.2, -0.15) is 0 Å². The summed E-state index contributed by atoms with van der Waals surface area (Å²) in [6, 6.07) is 11.1. The minimum atomic E-state index is -0.377. The number of amides is 2. The maximum absolute atomic E-state index is 14.2. The number of nitrogens with zero attached hydrogens (tertiary/aromatic N) is 1. The third-order valence-electron chi connectivity index (χ3n) is 7.26. The number of hydrogen-bond donors (Lipinski definition) is 1. The molecule has 2 aromatic carbocycles. The molecule has 1 atom stereocenters. The Morgan fingerprint density at radius 1 is 1.11 bits per heavy atom. The van der Waals surface area contributed by atoms with Gasteiger partial charge in [-0.15, -0.1) is 0 Å². The van der Waals surface area contributed by atoms with Crippen molar-refractivity contribution in [1.29, 1.82) is 0 Å². The lowest BCUT2D eigenvalue weighted by molar-refractivity contribution is 0.0603. The lowest BCUT2D eigenvalue weighted by atomic mass is 9.95. The fraction of sp³-hybridized carbons (Fsp3) is 0.467. The minimum absolute atomic E-state index is 0.0349. The predicted molar refractivity (Wildman–Crippen MR) is 141 cm³/mol. The molecule has 1 aliphatic carbocycles. The second-order valence-corrected chi connectivity index (χ2v) is 9.94. The Hall–Kier alpha value is -3.15. The molecule has 5 nitrogen and oxygen atoms in total. The molecule has 1 heterocycles. The number of rotatable bonds is 10. The summed E-state index contributed by atoms with van der Waals surface area (Å²) in [4.78, 5) is 26.7. The highest BCUT2D eigenvalue weighted by Crippen LogP contribution is 2.43. The molecule has 2 aromatic rings. The molecule has 0 fully saturated rings. The third kappa shape index (κ3) is 5.80. The van der Waals surface area contributed by atoms with Crippen LogP contribution in [0.2, 0.25) is 0 Å². The Kier molecular flexibility index (Phi) is 8.44. The number of benzene rings is 2. The summed E-state index contributed by atoms with van der Waals surface area (Å²) in [5.41, 5.74) is 6.54. The fourth-order valence-corrected chi connectivity index (χ4v) is 5.26. The number of carbonyl (C=O) groups is 2. The molecule has 2 aliphatic rings. The quantitative estimate of drug-likeness (QED) is 0.374. The monoisotopic (exact) mass is 492 g/mol. The molecule has 0 saturated carbocycles. The predicted octanol–water partition coefficient (Wildman–Crippen LogP) is 6.74. The molecule has 2 amide bonds. The van der Waals surface area contributed by atoms with Gasteiger partial charge in [0.15, 0.2) is 0 Å². The normalized spacial score (nSPS) is 15.3. The van der Waals surface area contributed by atoms with E-state index in [-0.39, 0.29) is 23.9 Å². The first-order valence-corrected chi connectivity index (χ1v) is 13.2. The summed E-state index contributed by atoms with van der Waals surface area (Å²) in [5.74, 6) is -0.587. The van der Waals surface area contributed by atoms with Crippen molar-refractivity contribution in [2.24, 2.45) is 0 Å². The average molecular weight is 493 g/mol. The summed E-state index contributed by atoms with van der Waals surface area (Å²) in [5, 5.41) is 2.88. The van der Waals surface area contributed by atoms with Crippen molar-refractivity contribution in [1.82, 2.24) is 10.2 Å². The van der Waals surface area contributed by atoms with Crippen molar-refractivity contribution >= 4 is 23.1 Å². The molecule has 0 bridgehead atoms. The second-order valence-electron chi connectivity index (χ2n) is 9.94. The van der Waals surface area contributed by atoms with Crippen molar-refractivity contribution in [2.45, 2.75) is 77.9 Å². The number of hydrogen-bond acceptors (Lipinski definition) is 3. The van der Waals surface area contributed by atoms with E-state index in [2.05, 4.69) is 31.3 Å². The maximum Gasteiger partial charge on any atom is 0.410 e. The van der Waals surface area contributed by atoms with Crippen LogP contribution < -0.4 is 5.32 Å². The molecular formula is C30H37FN2O3. The van der Waals surface area contributed by atoms with Crippen molar-refractivity contribution < 1.29 is 18.7 Å².